The first-order valence-corrected chi connectivity index (χ1v) is 9.98. The SMILES string of the molecule is O=C(Cn1cncn1)N1CCC[C@@H](Nc2ccnc(-c3cnc4ccc(F)cn34)n2)C1. The van der Waals surface area contributed by atoms with Gasteiger partial charge in [-0.05, 0) is 31.0 Å². The van der Waals surface area contributed by atoms with Crippen LogP contribution in [0.2, 0.25) is 0 Å². The predicted octanol–water partition coefficient (Wildman–Crippen LogP) is 1.62. The zero-order valence-electron chi connectivity index (χ0n) is 16.6. The van der Waals surface area contributed by atoms with Gasteiger partial charge < -0.3 is 10.2 Å². The van der Waals surface area contributed by atoms with E-state index in [1.54, 1.807) is 28.9 Å². The van der Waals surface area contributed by atoms with E-state index in [4.69, 9.17) is 0 Å². The summed E-state index contributed by atoms with van der Waals surface area (Å²) in [6, 6.07) is 4.82. The average molecular weight is 421 g/mol. The zero-order valence-corrected chi connectivity index (χ0v) is 16.6. The number of carbonyl (C=O) groups is 1. The van der Waals surface area contributed by atoms with Gasteiger partial charge in [-0.3, -0.25) is 9.20 Å². The topological polar surface area (TPSA) is 106 Å². The Morgan fingerprint density at radius 2 is 2.19 bits per heavy atom. The Hall–Kier alpha value is -3.89. The Kier molecular flexibility index (Phi) is 4.98. The summed E-state index contributed by atoms with van der Waals surface area (Å²) in [6.07, 6.45) is 9.41. The number of fused-ring (bicyclic) bond motifs is 1. The fourth-order valence-electron chi connectivity index (χ4n) is 3.77. The normalized spacial score (nSPS) is 16.5. The fourth-order valence-corrected chi connectivity index (χ4v) is 3.77. The number of amides is 1. The van der Waals surface area contributed by atoms with Crippen LogP contribution in [0.1, 0.15) is 12.8 Å². The summed E-state index contributed by atoms with van der Waals surface area (Å²) in [5, 5.41) is 7.40. The van der Waals surface area contributed by atoms with Crippen molar-refractivity contribution in [1.29, 1.82) is 0 Å². The number of halogens is 1. The largest absolute Gasteiger partial charge is 0.365 e. The molecule has 0 unspecified atom stereocenters. The summed E-state index contributed by atoms with van der Waals surface area (Å²) in [4.78, 5) is 31.5. The first-order chi connectivity index (χ1) is 15.2. The maximum atomic E-state index is 13.7. The van der Waals surface area contributed by atoms with Gasteiger partial charge in [0.05, 0.1) is 6.20 Å². The predicted molar refractivity (Wildman–Crippen MR) is 109 cm³/mol. The molecule has 1 atom stereocenters. The van der Waals surface area contributed by atoms with E-state index in [1.165, 1.54) is 29.6 Å². The van der Waals surface area contributed by atoms with E-state index < -0.39 is 0 Å². The van der Waals surface area contributed by atoms with Crippen molar-refractivity contribution in [3.8, 4) is 11.5 Å². The second kappa shape index (κ2) is 8.09. The minimum Gasteiger partial charge on any atom is -0.365 e. The number of imidazole rings is 1. The lowest BCUT2D eigenvalue weighted by molar-refractivity contribution is -0.133. The highest BCUT2D eigenvalue weighted by molar-refractivity contribution is 5.76. The lowest BCUT2D eigenvalue weighted by atomic mass is 10.1. The highest BCUT2D eigenvalue weighted by Gasteiger charge is 2.24. The summed E-state index contributed by atoms with van der Waals surface area (Å²) in [6.45, 7) is 1.47. The fraction of sp³-hybridized carbons (Fsp3) is 0.300. The van der Waals surface area contributed by atoms with Gasteiger partial charge in [0.15, 0.2) is 5.82 Å². The van der Waals surface area contributed by atoms with Crippen LogP contribution in [0.5, 0.6) is 0 Å². The number of hydrogen-bond acceptors (Lipinski definition) is 7. The van der Waals surface area contributed by atoms with Crippen LogP contribution in [-0.2, 0) is 11.3 Å². The van der Waals surface area contributed by atoms with Crippen LogP contribution in [0.25, 0.3) is 17.2 Å². The van der Waals surface area contributed by atoms with Gasteiger partial charge in [0.25, 0.3) is 0 Å². The lowest BCUT2D eigenvalue weighted by Crippen LogP contribution is -2.46. The quantitative estimate of drug-likeness (QED) is 0.522. The molecule has 5 rings (SSSR count). The smallest absolute Gasteiger partial charge is 0.244 e. The van der Waals surface area contributed by atoms with E-state index in [2.05, 4.69) is 30.4 Å². The molecular weight excluding hydrogens is 401 g/mol. The van der Waals surface area contributed by atoms with E-state index in [0.717, 1.165) is 12.8 Å². The molecule has 4 aromatic heterocycles. The highest BCUT2D eigenvalue weighted by atomic mass is 19.1. The average Bonchev–Trinajstić information content (AvgIpc) is 3.43. The van der Waals surface area contributed by atoms with Crippen molar-refractivity contribution in [3.63, 3.8) is 0 Å². The Bertz CT molecular complexity index is 1210. The van der Waals surface area contributed by atoms with Gasteiger partial charge in [-0.2, -0.15) is 5.10 Å². The molecule has 4 aromatic rings. The first-order valence-electron chi connectivity index (χ1n) is 9.98. The van der Waals surface area contributed by atoms with Crippen molar-refractivity contribution >= 4 is 17.4 Å². The molecule has 0 spiro atoms. The molecule has 1 amide bonds. The van der Waals surface area contributed by atoms with Crippen LogP contribution in [0.3, 0.4) is 0 Å². The second-order valence-electron chi connectivity index (χ2n) is 7.40. The molecule has 1 aliphatic rings. The van der Waals surface area contributed by atoms with Gasteiger partial charge >= 0.3 is 0 Å². The summed E-state index contributed by atoms with van der Waals surface area (Å²) >= 11 is 0. The van der Waals surface area contributed by atoms with Crippen LogP contribution in [0.4, 0.5) is 10.2 Å². The third kappa shape index (κ3) is 4.06. The van der Waals surface area contributed by atoms with Crippen LogP contribution in [0.15, 0.2) is 49.4 Å². The third-order valence-corrected chi connectivity index (χ3v) is 5.24. The minimum absolute atomic E-state index is 0.00753. The van der Waals surface area contributed by atoms with Crippen molar-refractivity contribution in [3.05, 3.63) is 55.3 Å². The molecule has 31 heavy (non-hydrogen) atoms. The molecule has 0 bridgehead atoms. The number of hydrogen-bond donors (Lipinski definition) is 1. The Labute approximate surface area is 176 Å². The van der Waals surface area contributed by atoms with Crippen LogP contribution < -0.4 is 5.32 Å². The van der Waals surface area contributed by atoms with Crippen molar-refractivity contribution in [1.82, 2.24) is 39.0 Å². The molecule has 0 saturated carbocycles. The van der Waals surface area contributed by atoms with Crippen LogP contribution in [0, 0.1) is 5.82 Å². The highest BCUT2D eigenvalue weighted by Crippen LogP contribution is 2.20. The van der Waals surface area contributed by atoms with Gasteiger partial charge in [-0.1, -0.05) is 0 Å². The molecule has 1 saturated heterocycles. The third-order valence-electron chi connectivity index (χ3n) is 5.24. The van der Waals surface area contributed by atoms with Gasteiger partial charge in [0.1, 0.15) is 42.2 Å². The molecule has 11 heteroatoms. The number of carbonyl (C=O) groups excluding carboxylic acids is 1. The Morgan fingerprint density at radius 1 is 1.26 bits per heavy atom. The molecule has 5 heterocycles. The molecular formula is C20H20FN9O. The first kappa shape index (κ1) is 19.1. The van der Waals surface area contributed by atoms with Crippen LogP contribution in [-0.4, -0.2) is 64.1 Å². The molecule has 0 radical (unpaired) electrons. The standard InChI is InChI=1S/C20H20FN9O/c21-14-3-4-18-24-8-16(30(18)9-14)20-23-6-5-17(27-20)26-15-2-1-7-28(10-15)19(31)11-29-13-22-12-25-29/h3-6,8-9,12-13,15H,1-2,7,10-11H2,(H,23,26,27)/t15-/m1/s1. The molecule has 158 valence electrons. The van der Waals surface area contributed by atoms with Crippen molar-refractivity contribution in [2.45, 2.75) is 25.4 Å². The van der Waals surface area contributed by atoms with E-state index in [9.17, 15) is 9.18 Å². The maximum absolute atomic E-state index is 13.7. The van der Waals surface area contributed by atoms with Gasteiger partial charge in [-0.15, -0.1) is 0 Å². The van der Waals surface area contributed by atoms with Crippen LogP contribution >= 0.6 is 0 Å². The number of anilines is 1. The molecule has 1 fully saturated rings. The number of aromatic nitrogens is 7. The molecule has 1 N–H and O–H groups in total. The number of nitrogens with one attached hydrogen (secondary N) is 1. The number of rotatable bonds is 5. The van der Waals surface area contributed by atoms with E-state index in [-0.39, 0.29) is 24.3 Å². The lowest BCUT2D eigenvalue weighted by Gasteiger charge is -2.33. The second-order valence-corrected chi connectivity index (χ2v) is 7.40. The van der Waals surface area contributed by atoms with E-state index in [1.807, 2.05) is 4.90 Å². The number of likely N-dealkylation sites (tertiary alicyclic amines) is 1. The maximum Gasteiger partial charge on any atom is 0.244 e. The van der Waals surface area contributed by atoms with Crippen molar-refractivity contribution in [2.24, 2.45) is 0 Å². The van der Waals surface area contributed by atoms with Gasteiger partial charge in [0.2, 0.25) is 5.91 Å². The summed E-state index contributed by atoms with van der Waals surface area (Å²) in [5.74, 6) is 0.733. The minimum atomic E-state index is -0.362. The molecule has 0 aromatic carbocycles. The number of nitrogens with zero attached hydrogens (tertiary/aromatic N) is 8. The Morgan fingerprint density at radius 3 is 3.06 bits per heavy atom. The zero-order chi connectivity index (χ0) is 21.2. The monoisotopic (exact) mass is 421 g/mol. The Balaban J connectivity index is 1.30. The van der Waals surface area contributed by atoms with E-state index in [0.29, 0.717) is 36.1 Å². The van der Waals surface area contributed by atoms with E-state index >= 15 is 0 Å². The van der Waals surface area contributed by atoms with Gasteiger partial charge in [-0.25, -0.2) is 29.0 Å². The van der Waals surface area contributed by atoms with Crippen molar-refractivity contribution in [2.75, 3.05) is 18.4 Å². The molecule has 1 aliphatic heterocycles. The summed E-state index contributed by atoms with van der Waals surface area (Å²) in [7, 11) is 0. The summed E-state index contributed by atoms with van der Waals surface area (Å²) < 4.78 is 16.8. The number of pyridine rings is 1. The summed E-state index contributed by atoms with van der Waals surface area (Å²) in [5.41, 5.74) is 1.22. The molecule has 10 nitrogen and oxygen atoms in total. The van der Waals surface area contributed by atoms with Crippen molar-refractivity contribution < 1.29 is 9.18 Å². The molecule has 0 aliphatic carbocycles. The van der Waals surface area contributed by atoms with Gasteiger partial charge in [0, 0.05) is 31.5 Å². The number of piperidine rings is 1.